The Balaban J connectivity index is 3.25. The Bertz CT molecular complexity index is 404. The summed E-state index contributed by atoms with van der Waals surface area (Å²) in [6.45, 7) is 0. The molecule has 0 radical (unpaired) electrons. The van der Waals surface area contributed by atoms with Crippen LogP contribution >= 0.6 is 38.5 Å². The summed E-state index contributed by atoms with van der Waals surface area (Å²) in [5, 5.41) is 8.85. The van der Waals surface area contributed by atoms with E-state index in [0.717, 1.165) is 3.57 Å². The third-order valence-electron chi connectivity index (χ3n) is 1.76. The van der Waals surface area contributed by atoms with Crippen molar-refractivity contribution in [1.29, 1.82) is 5.26 Å². The van der Waals surface area contributed by atoms with E-state index >= 15 is 0 Å². The number of alkyl halides is 3. The summed E-state index contributed by atoms with van der Waals surface area (Å²) in [5.41, 5.74) is 0.645. The number of nitrogens with zero attached hydrogens (tertiary/aromatic N) is 2. The maximum atomic E-state index is 12.6. The fourth-order valence-electron chi connectivity index (χ4n) is 1.08. The van der Waals surface area contributed by atoms with Crippen LogP contribution in [0.3, 0.4) is 0 Å². The molecule has 0 bridgehead atoms. The minimum atomic E-state index is -2.60. The zero-order valence-electron chi connectivity index (χ0n) is 7.48. The molecule has 2 nitrogen and oxygen atoms in total. The van der Waals surface area contributed by atoms with Crippen LogP contribution in [-0.4, -0.2) is 4.98 Å². The van der Waals surface area contributed by atoms with Gasteiger partial charge in [0, 0.05) is 8.90 Å². The molecular weight excluding hydrogens is 381 g/mol. The van der Waals surface area contributed by atoms with E-state index in [0.29, 0.717) is 16.6 Å². The first-order valence-electron chi connectivity index (χ1n) is 3.99. The molecule has 15 heavy (non-hydrogen) atoms. The summed E-state index contributed by atoms with van der Waals surface area (Å²) in [7, 11) is 0. The molecule has 0 aromatic carbocycles. The Morgan fingerprint density at radius 2 is 2.27 bits per heavy atom. The molecule has 0 amide bonds. The number of halogens is 4. The van der Waals surface area contributed by atoms with Gasteiger partial charge in [-0.05, 0) is 34.2 Å². The SMILES string of the molecule is N#CCc1nc(C(F)F)c(CBr)cc1I. The third-order valence-corrected chi connectivity index (χ3v) is 3.30. The minimum absolute atomic E-state index is 0.0561. The number of hydrogen-bond acceptors (Lipinski definition) is 2. The molecule has 0 spiro atoms. The topological polar surface area (TPSA) is 36.7 Å². The zero-order chi connectivity index (χ0) is 11.4. The standard InChI is InChI=1S/C9H6BrF2IN2/c10-4-5-3-6(13)7(1-2-14)15-8(5)9(11)12/h3,9H,1,4H2. The van der Waals surface area contributed by atoms with Crippen molar-refractivity contribution in [2.24, 2.45) is 0 Å². The molecular formula is C9H6BrF2IN2. The first kappa shape index (κ1) is 12.8. The van der Waals surface area contributed by atoms with Gasteiger partial charge in [-0.1, -0.05) is 15.9 Å². The summed E-state index contributed by atoms with van der Waals surface area (Å²) in [6.07, 6.45) is -2.55. The van der Waals surface area contributed by atoms with Gasteiger partial charge in [0.05, 0.1) is 18.2 Å². The minimum Gasteiger partial charge on any atom is -0.249 e. The van der Waals surface area contributed by atoms with E-state index in [1.807, 2.05) is 28.7 Å². The Kier molecular flexibility index (Phi) is 4.86. The molecule has 0 aliphatic carbocycles. The number of pyridine rings is 1. The molecule has 0 fully saturated rings. The average Bonchev–Trinajstić information content (AvgIpc) is 2.20. The summed E-state index contributed by atoms with van der Waals surface area (Å²) in [5.74, 6) is 0. The third kappa shape index (κ3) is 3.08. The highest BCUT2D eigenvalue weighted by molar-refractivity contribution is 14.1. The highest BCUT2D eigenvalue weighted by Gasteiger charge is 2.17. The Morgan fingerprint density at radius 3 is 2.73 bits per heavy atom. The second-order valence-corrected chi connectivity index (χ2v) is 4.45. The highest BCUT2D eigenvalue weighted by atomic mass is 127. The lowest BCUT2D eigenvalue weighted by molar-refractivity contribution is 0.145. The fraction of sp³-hybridized carbons (Fsp3) is 0.333. The molecule has 1 rings (SSSR count). The molecule has 80 valence electrons. The van der Waals surface area contributed by atoms with Crippen LogP contribution in [0.4, 0.5) is 8.78 Å². The summed E-state index contributed by atoms with van der Waals surface area (Å²) in [6, 6.07) is 3.54. The second kappa shape index (κ2) is 5.70. The van der Waals surface area contributed by atoms with Crippen molar-refractivity contribution < 1.29 is 8.78 Å². The van der Waals surface area contributed by atoms with Crippen molar-refractivity contribution in [2.45, 2.75) is 18.2 Å². The van der Waals surface area contributed by atoms with Gasteiger partial charge in [-0.3, -0.25) is 0 Å². The average molecular weight is 387 g/mol. The normalized spacial score (nSPS) is 10.4. The lowest BCUT2D eigenvalue weighted by Crippen LogP contribution is -2.03. The van der Waals surface area contributed by atoms with Gasteiger partial charge in [-0.25, -0.2) is 13.8 Å². The smallest absolute Gasteiger partial charge is 0.249 e. The van der Waals surface area contributed by atoms with E-state index < -0.39 is 6.43 Å². The van der Waals surface area contributed by atoms with Crippen LogP contribution in [0.1, 0.15) is 23.4 Å². The van der Waals surface area contributed by atoms with Crippen LogP contribution < -0.4 is 0 Å². The second-order valence-electron chi connectivity index (χ2n) is 2.73. The van der Waals surface area contributed by atoms with Crippen molar-refractivity contribution >= 4 is 38.5 Å². The van der Waals surface area contributed by atoms with Gasteiger partial charge in [0.15, 0.2) is 0 Å². The van der Waals surface area contributed by atoms with E-state index in [4.69, 9.17) is 5.26 Å². The lowest BCUT2D eigenvalue weighted by atomic mass is 10.2. The van der Waals surface area contributed by atoms with Crippen molar-refractivity contribution in [3.63, 3.8) is 0 Å². The molecule has 0 aliphatic rings. The predicted octanol–water partition coefficient (Wildman–Crippen LogP) is 3.58. The first-order valence-corrected chi connectivity index (χ1v) is 6.19. The Hall–Kier alpha value is -0.290. The van der Waals surface area contributed by atoms with Gasteiger partial charge in [-0.2, -0.15) is 5.26 Å². The van der Waals surface area contributed by atoms with Gasteiger partial charge >= 0.3 is 0 Å². The molecule has 0 atom stereocenters. The number of aromatic nitrogens is 1. The summed E-state index contributed by atoms with van der Waals surface area (Å²) < 4.78 is 25.9. The first-order chi connectivity index (χ1) is 7.10. The Morgan fingerprint density at radius 1 is 1.60 bits per heavy atom. The quantitative estimate of drug-likeness (QED) is 0.588. The van der Waals surface area contributed by atoms with Gasteiger partial charge in [0.25, 0.3) is 6.43 Å². The predicted molar refractivity (Wildman–Crippen MR) is 63.9 cm³/mol. The van der Waals surface area contributed by atoms with Crippen LogP contribution in [0, 0.1) is 14.9 Å². The lowest BCUT2D eigenvalue weighted by Gasteiger charge is -2.08. The van der Waals surface area contributed by atoms with Gasteiger partial charge in [-0.15, -0.1) is 0 Å². The van der Waals surface area contributed by atoms with Gasteiger partial charge < -0.3 is 0 Å². The van der Waals surface area contributed by atoms with E-state index in [1.54, 1.807) is 6.07 Å². The number of rotatable bonds is 3. The fourth-order valence-corrected chi connectivity index (χ4v) is 2.21. The molecule has 6 heteroatoms. The van der Waals surface area contributed by atoms with Crippen molar-refractivity contribution in [3.05, 3.63) is 26.6 Å². The molecule has 0 saturated carbocycles. The van der Waals surface area contributed by atoms with Crippen LogP contribution in [0.15, 0.2) is 6.07 Å². The van der Waals surface area contributed by atoms with Crippen LogP contribution in [0.2, 0.25) is 0 Å². The molecule has 1 aromatic rings. The van der Waals surface area contributed by atoms with E-state index in [9.17, 15) is 8.78 Å². The van der Waals surface area contributed by atoms with E-state index in [2.05, 4.69) is 20.9 Å². The van der Waals surface area contributed by atoms with Crippen molar-refractivity contribution in [3.8, 4) is 6.07 Å². The van der Waals surface area contributed by atoms with Crippen molar-refractivity contribution in [1.82, 2.24) is 4.98 Å². The summed E-state index contributed by atoms with van der Waals surface area (Å²) in [4.78, 5) is 3.82. The molecule has 1 heterocycles. The zero-order valence-corrected chi connectivity index (χ0v) is 11.2. The molecule has 0 unspecified atom stereocenters. The number of nitriles is 1. The van der Waals surface area contributed by atoms with Crippen LogP contribution in [0.25, 0.3) is 0 Å². The molecule has 0 saturated heterocycles. The monoisotopic (exact) mass is 386 g/mol. The Labute approximate surface area is 108 Å². The molecule has 0 aliphatic heterocycles. The maximum Gasteiger partial charge on any atom is 0.280 e. The van der Waals surface area contributed by atoms with Crippen LogP contribution in [0.5, 0.6) is 0 Å². The van der Waals surface area contributed by atoms with Gasteiger partial charge in [0.2, 0.25) is 0 Å². The largest absolute Gasteiger partial charge is 0.280 e. The van der Waals surface area contributed by atoms with E-state index in [1.165, 1.54) is 0 Å². The molecule has 0 N–H and O–H groups in total. The summed E-state index contributed by atoms with van der Waals surface area (Å²) >= 11 is 5.13. The van der Waals surface area contributed by atoms with Crippen molar-refractivity contribution in [2.75, 3.05) is 0 Å². The maximum absolute atomic E-state index is 12.6. The van der Waals surface area contributed by atoms with E-state index in [-0.39, 0.29) is 12.1 Å². The highest BCUT2D eigenvalue weighted by Crippen LogP contribution is 2.26. The number of hydrogen-bond donors (Lipinski definition) is 0. The molecule has 1 aromatic heterocycles. The van der Waals surface area contributed by atoms with Gasteiger partial charge in [0.1, 0.15) is 5.69 Å². The van der Waals surface area contributed by atoms with Crippen LogP contribution in [-0.2, 0) is 11.8 Å².